The summed E-state index contributed by atoms with van der Waals surface area (Å²) >= 11 is 0. The van der Waals surface area contributed by atoms with E-state index in [-0.39, 0.29) is 0 Å². The van der Waals surface area contributed by atoms with E-state index in [4.69, 9.17) is 19.9 Å². The normalized spacial score (nSPS) is 11.4. The molecule has 4 aliphatic heterocycles. The summed E-state index contributed by atoms with van der Waals surface area (Å²) in [7, 11) is 0. The molecule has 6 aromatic carbocycles. The molecule has 0 saturated carbocycles. The fourth-order valence-electron chi connectivity index (χ4n) is 11.7. The minimum atomic E-state index is 0.696. The van der Waals surface area contributed by atoms with Crippen LogP contribution in [-0.2, 0) is 0 Å². The van der Waals surface area contributed by atoms with Crippen LogP contribution in [0.5, 0.6) is 0 Å². The third-order valence-corrected chi connectivity index (χ3v) is 16.3. The van der Waals surface area contributed by atoms with E-state index in [0.717, 1.165) is 150 Å². The molecule has 0 radical (unpaired) electrons. The molecular weight excluding hydrogens is 1150 g/mol. The number of nitrogens with one attached hydrogen (secondary N) is 4. The van der Waals surface area contributed by atoms with Gasteiger partial charge in [0.2, 0.25) is 0 Å². The predicted molar refractivity (Wildman–Crippen MR) is 384 cm³/mol. The van der Waals surface area contributed by atoms with Gasteiger partial charge in [0, 0.05) is 55.5 Å². The van der Waals surface area contributed by atoms with Crippen LogP contribution in [0.4, 0.5) is 0 Å². The van der Waals surface area contributed by atoms with Crippen LogP contribution in [0.2, 0.25) is 0 Å². The fourth-order valence-corrected chi connectivity index (χ4v) is 11.7. The Labute approximate surface area is 542 Å². The fraction of sp³-hybridized carbons (Fsp3) is 0. The van der Waals surface area contributed by atoms with Crippen molar-refractivity contribution in [3.63, 3.8) is 0 Å². The van der Waals surface area contributed by atoms with Gasteiger partial charge in [-0.15, -0.1) is 0 Å². The second kappa shape index (κ2) is 24.7. The van der Waals surface area contributed by atoms with E-state index >= 15 is 0 Å². The molecule has 0 spiro atoms. The molecule has 4 N–H and O–H groups in total. The van der Waals surface area contributed by atoms with Crippen LogP contribution in [0.25, 0.3) is 115 Å². The van der Waals surface area contributed by atoms with Gasteiger partial charge in [0.05, 0.1) is 101 Å². The van der Waals surface area contributed by atoms with E-state index in [1.54, 1.807) is 0 Å². The van der Waals surface area contributed by atoms with Crippen molar-refractivity contribution in [1.82, 2.24) is 39.9 Å². The number of aromatic nitrogens is 8. The van der Waals surface area contributed by atoms with Gasteiger partial charge in [0.1, 0.15) is 0 Å². The number of H-pyrrole nitrogens is 4. The van der Waals surface area contributed by atoms with Crippen molar-refractivity contribution in [2.75, 3.05) is 0 Å². The number of rotatable bonds is 2. The Kier molecular flexibility index (Phi) is 14.6. The molecule has 6 aromatic heterocycles. The Morgan fingerprint density at radius 1 is 0.213 bits per heavy atom. The lowest BCUT2D eigenvalue weighted by atomic mass is 9.98. The Bertz CT molecular complexity index is 5790. The molecule has 0 fully saturated rings. The highest BCUT2D eigenvalue weighted by Gasteiger charge is 2.19. The van der Waals surface area contributed by atoms with Crippen LogP contribution < -0.4 is 0 Å². The molecule has 94 heavy (non-hydrogen) atoms. The zero-order chi connectivity index (χ0) is 62.6. The quantitative estimate of drug-likeness (QED) is 0.129. The smallest absolute Gasteiger partial charge is 0.0815 e. The van der Waals surface area contributed by atoms with Gasteiger partial charge in [0.15, 0.2) is 0 Å². The summed E-state index contributed by atoms with van der Waals surface area (Å²) in [5, 5.41) is 0. The molecule has 0 saturated heterocycles. The third-order valence-electron chi connectivity index (χ3n) is 16.3. The molecule has 8 nitrogen and oxygen atoms in total. The van der Waals surface area contributed by atoms with Gasteiger partial charge in [-0.1, -0.05) is 174 Å². The molecule has 12 aromatic rings. The molecule has 16 bridgehead atoms. The van der Waals surface area contributed by atoms with E-state index in [1.807, 2.05) is 200 Å². The van der Waals surface area contributed by atoms with Crippen molar-refractivity contribution < 1.29 is 0 Å². The van der Waals surface area contributed by atoms with E-state index in [9.17, 15) is 0 Å². The summed E-state index contributed by atoms with van der Waals surface area (Å²) < 4.78 is 0. The molecule has 0 atom stereocenters. The van der Waals surface area contributed by atoms with Gasteiger partial charge >= 0.3 is 0 Å². The van der Waals surface area contributed by atoms with Crippen LogP contribution in [0.3, 0.4) is 0 Å². The topological polar surface area (TPSA) is 115 Å². The number of fused-ring (bicyclic) bond motifs is 16. The van der Waals surface area contributed by atoms with E-state index in [1.165, 1.54) is 0 Å². The highest BCUT2D eigenvalue weighted by atomic mass is 14.8. The summed E-state index contributed by atoms with van der Waals surface area (Å²) in [5.74, 6) is 34.8. The summed E-state index contributed by atoms with van der Waals surface area (Å²) in [6.45, 7) is 0. The first kappa shape index (κ1) is 55.6. The first-order valence-corrected chi connectivity index (χ1v) is 30.8. The Morgan fingerprint density at radius 2 is 0.479 bits per heavy atom. The predicted octanol–water partition coefficient (Wildman–Crippen LogP) is 18.0. The standard InChI is InChI=1S/C86H50N8/c1-6-16-57(17-7-1)26-37-66-71-42-35-64(87-71)56-65-36-43-72(88-65)67(38-27-58-18-8-2-9-19-58)78-49-53-82(92-78)85(81-52-48-77(66)91-81)62-31-33-63(34-32-62)86-83-54-50-79(93-83)69(40-29-60-22-12-4-13-23-60)75-46-44-73(89-75)68(39-28-59-20-10-3-11-21-59)74-45-47-76(90-74)70(80-51-55-84(86)94-80)41-30-61-24-14-5-15-25-61/h1-25,31-36,42-56,87,89,92,94H. The van der Waals surface area contributed by atoms with Crippen molar-refractivity contribution >= 4 is 92.7 Å². The molecule has 0 amide bonds. The molecule has 16 rings (SSSR count). The zero-order valence-corrected chi connectivity index (χ0v) is 50.3. The monoisotopic (exact) mass is 1190 g/mol. The van der Waals surface area contributed by atoms with Crippen LogP contribution in [0.1, 0.15) is 101 Å². The van der Waals surface area contributed by atoms with Gasteiger partial charge in [-0.05, 0) is 175 Å². The van der Waals surface area contributed by atoms with Gasteiger partial charge in [-0.2, -0.15) is 0 Å². The van der Waals surface area contributed by atoms with Gasteiger partial charge in [-0.25, -0.2) is 19.9 Å². The van der Waals surface area contributed by atoms with Crippen LogP contribution in [0, 0.1) is 59.2 Å². The van der Waals surface area contributed by atoms with Gasteiger partial charge in [-0.3, -0.25) is 0 Å². The highest BCUT2D eigenvalue weighted by Crippen LogP contribution is 2.37. The van der Waals surface area contributed by atoms with Crippen molar-refractivity contribution in [3.05, 3.63) is 332 Å². The number of nitrogens with zero attached hydrogens (tertiary/aromatic N) is 4. The van der Waals surface area contributed by atoms with Crippen molar-refractivity contribution in [2.45, 2.75) is 0 Å². The number of hydrogen-bond donors (Lipinski definition) is 4. The average Bonchev–Trinajstić information content (AvgIpc) is 1.72. The minimum absolute atomic E-state index is 0.696. The number of aromatic amines is 4. The van der Waals surface area contributed by atoms with E-state index in [0.29, 0.717) is 17.1 Å². The van der Waals surface area contributed by atoms with Gasteiger partial charge < -0.3 is 19.9 Å². The minimum Gasteiger partial charge on any atom is -0.354 e. The van der Waals surface area contributed by atoms with Crippen molar-refractivity contribution in [1.29, 1.82) is 0 Å². The maximum absolute atomic E-state index is 5.52. The Balaban J connectivity index is 0.934. The lowest BCUT2D eigenvalue weighted by molar-refractivity contribution is 1.29. The summed E-state index contributed by atoms with van der Waals surface area (Å²) in [5.41, 5.74) is 24.1. The van der Waals surface area contributed by atoms with Crippen LogP contribution in [0.15, 0.2) is 231 Å². The number of hydrogen-bond acceptors (Lipinski definition) is 4. The maximum Gasteiger partial charge on any atom is 0.0815 e. The first-order chi connectivity index (χ1) is 46.5. The molecule has 10 heterocycles. The lowest BCUT2D eigenvalue weighted by Gasteiger charge is -2.08. The lowest BCUT2D eigenvalue weighted by Crippen LogP contribution is -1.90. The second-order valence-corrected chi connectivity index (χ2v) is 22.5. The van der Waals surface area contributed by atoms with Crippen molar-refractivity contribution in [3.8, 4) is 81.5 Å². The molecular formula is C86H50N8. The van der Waals surface area contributed by atoms with Crippen molar-refractivity contribution in [2.24, 2.45) is 0 Å². The molecule has 0 aliphatic carbocycles. The Morgan fingerprint density at radius 3 is 0.830 bits per heavy atom. The summed E-state index contributed by atoms with van der Waals surface area (Å²) in [6.07, 6.45) is 16.3. The van der Waals surface area contributed by atoms with E-state index in [2.05, 4.69) is 158 Å². The van der Waals surface area contributed by atoms with E-state index < -0.39 is 0 Å². The van der Waals surface area contributed by atoms with Crippen LogP contribution >= 0.6 is 0 Å². The average molecular weight is 1200 g/mol. The molecule has 4 aliphatic rings. The number of benzene rings is 6. The summed E-state index contributed by atoms with van der Waals surface area (Å²) in [4.78, 5) is 36.5. The maximum atomic E-state index is 5.52. The van der Waals surface area contributed by atoms with Gasteiger partial charge in [0.25, 0.3) is 0 Å². The SMILES string of the molecule is C(#Cc1c2nc(c(-c3ccc(-c4c5nc(c(C#Cc6ccccc6)c6ccc([nH]6)c(C#Cc6ccccc6)c6nc(c(C#Cc7ccccc7)c7ccc4[nH]7)C=C6)C=C5)cc3)c3ccc([nH]3)c(C#Cc3ccccc3)c3nc(cc4ccc1[nH]4)C=C3)C=C2)c1ccccc1. The second-order valence-electron chi connectivity index (χ2n) is 22.5. The molecule has 8 heteroatoms. The molecule has 0 unspecified atom stereocenters. The van der Waals surface area contributed by atoms with Crippen LogP contribution in [-0.4, -0.2) is 39.9 Å². The zero-order valence-electron chi connectivity index (χ0n) is 50.3. The largest absolute Gasteiger partial charge is 0.354 e. The third kappa shape index (κ3) is 11.6. The Hall–Kier alpha value is -13.7. The summed E-state index contributed by atoms with van der Waals surface area (Å²) in [6, 6.07) is 77.3. The molecule has 434 valence electrons. The first-order valence-electron chi connectivity index (χ1n) is 30.8. The highest BCUT2D eigenvalue weighted by molar-refractivity contribution is 5.97.